The summed E-state index contributed by atoms with van der Waals surface area (Å²) in [5, 5.41) is 5.45. The number of hydrogen-bond donors (Lipinski definition) is 2. The second-order valence-electron chi connectivity index (χ2n) is 9.16. The van der Waals surface area contributed by atoms with Gasteiger partial charge in [0.2, 0.25) is 5.91 Å². The Balaban J connectivity index is 2.19. The summed E-state index contributed by atoms with van der Waals surface area (Å²) in [5.74, 6) is -0.982. The van der Waals surface area contributed by atoms with Crippen molar-refractivity contribution in [1.82, 2.24) is 10.6 Å². The van der Waals surface area contributed by atoms with Crippen LogP contribution < -0.4 is 10.6 Å². The Kier molecular flexibility index (Phi) is 10.6. The Morgan fingerprint density at radius 3 is 1.85 bits per heavy atom. The highest BCUT2D eigenvalue weighted by Crippen LogP contribution is 2.10. The molecular formula is C27H36N2O5. The standard InChI is InChI=1S/C27H36N2O5/c1-5-6-17-33-25(31)23(19-21-15-11-8-12-16-21)28-24(30)22(18-20-13-9-7-10-14-20)29-26(32)34-27(2,3)4/h7-16,22-23H,5-6,17-19H2,1-4H3,(H,28,30)(H,29,32)/t22-,23-/m0/s1. The quantitative estimate of drug-likeness (QED) is 0.381. The number of carbonyl (C=O) groups excluding carboxylic acids is 3. The normalized spacial score (nSPS) is 12.8. The van der Waals surface area contributed by atoms with Crippen LogP contribution in [0.2, 0.25) is 0 Å². The van der Waals surface area contributed by atoms with Crippen LogP contribution in [-0.2, 0) is 31.9 Å². The molecule has 2 aromatic rings. The van der Waals surface area contributed by atoms with Gasteiger partial charge in [-0.1, -0.05) is 74.0 Å². The molecule has 0 bridgehead atoms. The van der Waals surface area contributed by atoms with Crippen LogP contribution in [-0.4, -0.2) is 42.3 Å². The van der Waals surface area contributed by atoms with Crippen molar-refractivity contribution in [3.05, 3.63) is 71.8 Å². The fourth-order valence-electron chi connectivity index (χ4n) is 3.24. The minimum Gasteiger partial charge on any atom is -0.464 e. The molecule has 0 saturated carbocycles. The van der Waals surface area contributed by atoms with Crippen molar-refractivity contribution < 1.29 is 23.9 Å². The van der Waals surface area contributed by atoms with Gasteiger partial charge in [0, 0.05) is 12.8 Å². The van der Waals surface area contributed by atoms with Crippen LogP contribution in [0.25, 0.3) is 0 Å². The Bertz CT molecular complexity index is 910. The third kappa shape index (κ3) is 10.1. The van der Waals surface area contributed by atoms with E-state index in [1.807, 2.05) is 67.6 Å². The van der Waals surface area contributed by atoms with Gasteiger partial charge in [0.15, 0.2) is 0 Å². The second kappa shape index (κ2) is 13.4. The minimum absolute atomic E-state index is 0.245. The number of benzene rings is 2. The van der Waals surface area contributed by atoms with Gasteiger partial charge in [-0.3, -0.25) is 4.79 Å². The Morgan fingerprint density at radius 1 is 0.824 bits per heavy atom. The van der Waals surface area contributed by atoms with E-state index < -0.39 is 35.7 Å². The summed E-state index contributed by atoms with van der Waals surface area (Å²) in [7, 11) is 0. The van der Waals surface area contributed by atoms with Crippen LogP contribution in [0, 0.1) is 0 Å². The highest BCUT2D eigenvalue weighted by Gasteiger charge is 2.29. The first-order chi connectivity index (χ1) is 16.2. The molecule has 2 amide bonds. The van der Waals surface area contributed by atoms with E-state index in [2.05, 4.69) is 10.6 Å². The molecule has 0 aliphatic heterocycles. The van der Waals surface area contributed by atoms with Crippen molar-refractivity contribution in [3.63, 3.8) is 0 Å². The molecule has 0 heterocycles. The predicted octanol–water partition coefficient (Wildman–Crippen LogP) is 4.19. The molecule has 0 aliphatic rings. The molecule has 7 nitrogen and oxygen atoms in total. The van der Waals surface area contributed by atoms with Gasteiger partial charge in [-0.2, -0.15) is 0 Å². The van der Waals surface area contributed by atoms with Gasteiger partial charge in [0.25, 0.3) is 0 Å². The van der Waals surface area contributed by atoms with E-state index in [0.29, 0.717) is 6.61 Å². The molecule has 0 radical (unpaired) electrons. The molecule has 0 unspecified atom stereocenters. The van der Waals surface area contributed by atoms with Crippen LogP contribution in [0.5, 0.6) is 0 Å². The molecular weight excluding hydrogens is 432 g/mol. The van der Waals surface area contributed by atoms with Crippen molar-refractivity contribution >= 4 is 18.0 Å². The Morgan fingerprint density at radius 2 is 1.35 bits per heavy atom. The second-order valence-corrected chi connectivity index (χ2v) is 9.16. The monoisotopic (exact) mass is 468 g/mol. The maximum atomic E-state index is 13.3. The fraction of sp³-hybridized carbons (Fsp3) is 0.444. The molecule has 0 aromatic heterocycles. The van der Waals surface area contributed by atoms with E-state index in [1.54, 1.807) is 20.8 Å². The van der Waals surface area contributed by atoms with Crippen LogP contribution >= 0.6 is 0 Å². The Hall–Kier alpha value is -3.35. The summed E-state index contributed by atoms with van der Waals surface area (Å²) in [5.41, 5.74) is 1.04. The lowest BCUT2D eigenvalue weighted by Gasteiger charge is -2.25. The third-order valence-corrected chi connectivity index (χ3v) is 4.92. The van der Waals surface area contributed by atoms with Crippen molar-refractivity contribution in [2.75, 3.05) is 6.61 Å². The molecule has 0 fully saturated rings. The summed E-state index contributed by atoms with van der Waals surface area (Å²) in [4.78, 5) is 38.5. The van der Waals surface area contributed by atoms with E-state index in [4.69, 9.17) is 9.47 Å². The van der Waals surface area contributed by atoms with E-state index in [0.717, 1.165) is 24.0 Å². The number of ether oxygens (including phenoxy) is 2. The van der Waals surface area contributed by atoms with Crippen LogP contribution in [0.15, 0.2) is 60.7 Å². The number of hydrogen-bond acceptors (Lipinski definition) is 5. The lowest BCUT2D eigenvalue weighted by Crippen LogP contribution is -2.54. The summed E-state index contributed by atoms with van der Waals surface area (Å²) in [6, 6.07) is 16.9. The number of esters is 1. The molecule has 2 atom stereocenters. The fourth-order valence-corrected chi connectivity index (χ4v) is 3.24. The molecule has 0 saturated heterocycles. The van der Waals surface area contributed by atoms with Gasteiger partial charge < -0.3 is 20.1 Å². The maximum absolute atomic E-state index is 13.3. The highest BCUT2D eigenvalue weighted by atomic mass is 16.6. The maximum Gasteiger partial charge on any atom is 0.408 e. The average molecular weight is 469 g/mol. The molecule has 7 heteroatoms. The first-order valence-corrected chi connectivity index (χ1v) is 11.7. The largest absolute Gasteiger partial charge is 0.464 e. The van der Waals surface area contributed by atoms with E-state index in [1.165, 1.54) is 0 Å². The van der Waals surface area contributed by atoms with Gasteiger partial charge in [0.1, 0.15) is 17.7 Å². The molecule has 0 aliphatic carbocycles. The van der Waals surface area contributed by atoms with E-state index in [-0.39, 0.29) is 12.8 Å². The van der Waals surface area contributed by atoms with Gasteiger partial charge in [-0.05, 0) is 38.3 Å². The molecule has 2 N–H and O–H groups in total. The van der Waals surface area contributed by atoms with E-state index in [9.17, 15) is 14.4 Å². The summed E-state index contributed by atoms with van der Waals surface area (Å²) in [6.45, 7) is 7.55. The zero-order valence-electron chi connectivity index (χ0n) is 20.5. The number of carbonyl (C=O) groups is 3. The summed E-state index contributed by atoms with van der Waals surface area (Å²) < 4.78 is 10.7. The third-order valence-electron chi connectivity index (χ3n) is 4.92. The molecule has 34 heavy (non-hydrogen) atoms. The average Bonchev–Trinajstić information content (AvgIpc) is 2.78. The topological polar surface area (TPSA) is 93.7 Å². The summed E-state index contributed by atoms with van der Waals surface area (Å²) >= 11 is 0. The highest BCUT2D eigenvalue weighted by molar-refractivity contribution is 5.90. The Labute approximate surface area is 202 Å². The van der Waals surface area contributed by atoms with E-state index >= 15 is 0 Å². The van der Waals surface area contributed by atoms with Crippen molar-refractivity contribution in [2.45, 2.75) is 71.1 Å². The smallest absolute Gasteiger partial charge is 0.408 e. The lowest BCUT2D eigenvalue weighted by atomic mass is 10.0. The number of amides is 2. The van der Waals surface area contributed by atoms with Gasteiger partial charge >= 0.3 is 12.1 Å². The lowest BCUT2D eigenvalue weighted by molar-refractivity contribution is -0.148. The van der Waals surface area contributed by atoms with Gasteiger partial charge in [0.05, 0.1) is 6.61 Å². The van der Waals surface area contributed by atoms with Crippen LogP contribution in [0.3, 0.4) is 0 Å². The number of nitrogens with one attached hydrogen (secondary N) is 2. The van der Waals surface area contributed by atoms with Crippen molar-refractivity contribution in [3.8, 4) is 0 Å². The van der Waals surface area contributed by atoms with Crippen LogP contribution in [0.4, 0.5) is 4.79 Å². The molecule has 0 spiro atoms. The number of unbranched alkanes of at least 4 members (excludes halogenated alkanes) is 1. The first-order valence-electron chi connectivity index (χ1n) is 11.7. The first kappa shape index (κ1) is 26.9. The van der Waals surface area contributed by atoms with Gasteiger partial charge in [-0.15, -0.1) is 0 Å². The SMILES string of the molecule is CCCCOC(=O)[C@H](Cc1ccccc1)NC(=O)[C@H](Cc1ccccc1)NC(=O)OC(C)(C)C. The number of rotatable bonds is 11. The summed E-state index contributed by atoms with van der Waals surface area (Å²) in [6.07, 6.45) is 1.46. The van der Waals surface area contributed by atoms with Crippen molar-refractivity contribution in [1.29, 1.82) is 0 Å². The molecule has 2 aromatic carbocycles. The van der Waals surface area contributed by atoms with Crippen LogP contribution in [0.1, 0.15) is 51.7 Å². The molecule has 184 valence electrons. The zero-order chi connectivity index (χ0) is 25.0. The van der Waals surface area contributed by atoms with Gasteiger partial charge in [-0.25, -0.2) is 9.59 Å². The predicted molar refractivity (Wildman–Crippen MR) is 131 cm³/mol. The number of alkyl carbamates (subject to hydrolysis) is 1. The minimum atomic E-state index is -0.932. The van der Waals surface area contributed by atoms with Crippen molar-refractivity contribution in [2.24, 2.45) is 0 Å². The zero-order valence-corrected chi connectivity index (χ0v) is 20.5. The molecule has 2 rings (SSSR count).